The van der Waals surface area contributed by atoms with Crippen LogP contribution in [-0.2, 0) is 5.75 Å². The molecule has 1 heterocycles. The first-order valence-corrected chi connectivity index (χ1v) is 7.52. The molecule has 0 unspecified atom stereocenters. The van der Waals surface area contributed by atoms with Gasteiger partial charge in [0.05, 0.1) is 11.3 Å². The monoisotopic (exact) mass is 302 g/mol. The van der Waals surface area contributed by atoms with Gasteiger partial charge in [-0.3, -0.25) is 0 Å². The van der Waals surface area contributed by atoms with Crippen molar-refractivity contribution in [3.63, 3.8) is 0 Å². The van der Waals surface area contributed by atoms with Crippen molar-refractivity contribution >= 4 is 17.6 Å². The molecule has 110 valence electrons. The number of nitrogens with two attached hydrogens (primary N) is 1. The van der Waals surface area contributed by atoms with Gasteiger partial charge in [0.15, 0.2) is 5.84 Å². The van der Waals surface area contributed by atoms with Gasteiger partial charge in [0.2, 0.25) is 0 Å². The summed E-state index contributed by atoms with van der Waals surface area (Å²) >= 11 is 1.54. The number of thioether (sulfide) groups is 1. The second-order valence-electron chi connectivity index (χ2n) is 4.79. The smallest absolute Gasteiger partial charge is 0.173 e. The van der Waals surface area contributed by atoms with Gasteiger partial charge < -0.3 is 10.9 Å². The maximum atomic E-state index is 8.96. The molecule has 0 aliphatic rings. The molecular formula is C15H18N4OS. The van der Waals surface area contributed by atoms with Crippen LogP contribution in [0.4, 0.5) is 0 Å². The van der Waals surface area contributed by atoms with Gasteiger partial charge in [-0.15, -0.1) is 5.10 Å². The minimum Gasteiger partial charge on any atom is -0.409 e. The third-order valence-electron chi connectivity index (χ3n) is 3.41. The van der Waals surface area contributed by atoms with Crippen LogP contribution in [0.5, 0.6) is 0 Å². The first kappa shape index (κ1) is 15.3. The Bertz CT molecular complexity index is 685. The zero-order chi connectivity index (χ0) is 15.4. The van der Waals surface area contributed by atoms with E-state index in [1.165, 1.54) is 22.9 Å². The van der Waals surface area contributed by atoms with Crippen molar-refractivity contribution in [1.29, 1.82) is 0 Å². The van der Waals surface area contributed by atoms with Crippen LogP contribution in [0.3, 0.4) is 0 Å². The van der Waals surface area contributed by atoms with Crippen molar-refractivity contribution in [3.05, 3.63) is 52.2 Å². The summed E-state index contributed by atoms with van der Waals surface area (Å²) < 4.78 is 0. The average Bonchev–Trinajstić information content (AvgIpc) is 2.49. The van der Waals surface area contributed by atoms with Crippen molar-refractivity contribution in [2.75, 3.05) is 0 Å². The lowest BCUT2D eigenvalue weighted by molar-refractivity contribution is 0.318. The van der Waals surface area contributed by atoms with Crippen molar-refractivity contribution < 1.29 is 5.21 Å². The summed E-state index contributed by atoms with van der Waals surface area (Å²) in [5.74, 6) is 0.827. The van der Waals surface area contributed by atoms with Gasteiger partial charge in [-0.05, 0) is 37.5 Å². The van der Waals surface area contributed by atoms with E-state index in [2.05, 4.69) is 34.4 Å². The van der Waals surface area contributed by atoms with Gasteiger partial charge in [-0.2, -0.15) is 5.10 Å². The van der Waals surface area contributed by atoms with Crippen LogP contribution in [0.2, 0.25) is 0 Å². The number of rotatable bonds is 4. The van der Waals surface area contributed by atoms with Crippen molar-refractivity contribution in [2.24, 2.45) is 10.9 Å². The second-order valence-corrected chi connectivity index (χ2v) is 5.76. The number of amidine groups is 1. The maximum absolute atomic E-state index is 8.96. The molecule has 0 atom stereocenters. The molecule has 2 rings (SSSR count). The predicted molar refractivity (Wildman–Crippen MR) is 84.8 cm³/mol. The van der Waals surface area contributed by atoms with E-state index in [1.807, 2.05) is 26.0 Å². The molecule has 0 saturated heterocycles. The van der Waals surface area contributed by atoms with Gasteiger partial charge in [-0.25, -0.2) is 0 Å². The zero-order valence-electron chi connectivity index (χ0n) is 12.3. The molecule has 2 aromatic rings. The van der Waals surface area contributed by atoms with Crippen LogP contribution in [0.15, 0.2) is 34.4 Å². The molecule has 0 aliphatic heterocycles. The molecule has 1 aromatic carbocycles. The van der Waals surface area contributed by atoms with Crippen molar-refractivity contribution in [1.82, 2.24) is 10.2 Å². The quantitative estimate of drug-likeness (QED) is 0.298. The fraction of sp³-hybridized carbons (Fsp3) is 0.267. The standard InChI is InChI=1S/C15H18N4OS/c1-9-6-4-5-7-12(9)8-21-15-13(14(16)19-20)10(2)11(3)17-18-15/h4-7,20H,8H2,1-3H3,(H2,16,19). The minimum atomic E-state index is 0.0674. The van der Waals surface area contributed by atoms with E-state index >= 15 is 0 Å². The lowest BCUT2D eigenvalue weighted by atomic mass is 10.1. The lowest BCUT2D eigenvalue weighted by Crippen LogP contribution is -2.18. The highest BCUT2D eigenvalue weighted by Crippen LogP contribution is 2.27. The molecular weight excluding hydrogens is 284 g/mol. The molecule has 3 N–H and O–H groups in total. The van der Waals surface area contributed by atoms with Crippen LogP contribution in [-0.4, -0.2) is 21.2 Å². The molecule has 0 bridgehead atoms. The molecule has 0 radical (unpaired) electrons. The zero-order valence-corrected chi connectivity index (χ0v) is 13.1. The molecule has 1 aromatic heterocycles. The third kappa shape index (κ3) is 3.33. The Kier molecular flexibility index (Phi) is 4.80. The Labute approximate surface area is 128 Å². The highest BCUT2D eigenvalue weighted by Gasteiger charge is 2.16. The summed E-state index contributed by atoms with van der Waals surface area (Å²) in [6.45, 7) is 5.83. The van der Waals surface area contributed by atoms with E-state index in [4.69, 9.17) is 10.9 Å². The average molecular weight is 302 g/mol. The molecule has 0 amide bonds. The van der Waals surface area contributed by atoms with E-state index < -0.39 is 0 Å². The minimum absolute atomic E-state index is 0.0674. The number of hydrogen-bond acceptors (Lipinski definition) is 5. The summed E-state index contributed by atoms with van der Waals surface area (Å²) in [4.78, 5) is 0. The van der Waals surface area contributed by atoms with Gasteiger partial charge in [0.25, 0.3) is 0 Å². The highest BCUT2D eigenvalue weighted by molar-refractivity contribution is 7.98. The van der Waals surface area contributed by atoms with Crippen LogP contribution in [0.25, 0.3) is 0 Å². The number of oxime groups is 1. The first-order valence-electron chi connectivity index (χ1n) is 6.53. The summed E-state index contributed by atoms with van der Waals surface area (Å²) in [7, 11) is 0. The van der Waals surface area contributed by atoms with Crippen molar-refractivity contribution in [2.45, 2.75) is 31.6 Å². The number of hydrogen-bond donors (Lipinski definition) is 2. The van der Waals surface area contributed by atoms with Crippen LogP contribution in [0, 0.1) is 20.8 Å². The Hall–Kier alpha value is -2.08. The van der Waals surface area contributed by atoms with Crippen LogP contribution < -0.4 is 5.73 Å². The van der Waals surface area contributed by atoms with E-state index in [-0.39, 0.29) is 5.84 Å². The molecule has 0 aliphatic carbocycles. The summed E-state index contributed by atoms with van der Waals surface area (Å²) in [5.41, 5.74) is 10.6. The highest BCUT2D eigenvalue weighted by atomic mass is 32.2. The molecule has 6 heteroatoms. The molecule has 5 nitrogen and oxygen atoms in total. The van der Waals surface area contributed by atoms with E-state index in [0.29, 0.717) is 10.6 Å². The van der Waals surface area contributed by atoms with Gasteiger partial charge >= 0.3 is 0 Å². The predicted octanol–water partition coefficient (Wildman–Crippen LogP) is 2.79. The van der Waals surface area contributed by atoms with Gasteiger partial charge in [-0.1, -0.05) is 41.2 Å². The third-order valence-corrected chi connectivity index (χ3v) is 4.43. The largest absolute Gasteiger partial charge is 0.409 e. The topological polar surface area (TPSA) is 84.4 Å². The first-order chi connectivity index (χ1) is 10.0. The Morgan fingerprint density at radius 1 is 1.24 bits per heavy atom. The van der Waals surface area contributed by atoms with E-state index in [0.717, 1.165) is 17.0 Å². The van der Waals surface area contributed by atoms with Gasteiger partial charge in [0.1, 0.15) is 5.03 Å². The summed E-state index contributed by atoms with van der Waals surface area (Å²) in [6.07, 6.45) is 0. The van der Waals surface area contributed by atoms with Crippen LogP contribution >= 0.6 is 11.8 Å². The fourth-order valence-electron chi connectivity index (χ4n) is 1.96. The van der Waals surface area contributed by atoms with Crippen LogP contribution in [0.1, 0.15) is 27.9 Å². The molecule has 0 spiro atoms. The Morgan fingerprint density at radius 2 is 1.95 bits per heavy atom. The Balaban J connectivity index is 2.33. The SMILES string of the molecule is Cc1ccccc1CSc1nnc(C)c(C)c1C(N)=NO. The Morgan fingerprint density at radius 3 is 2.62 bits per heavy atom. The fourth-order valence-corrected chi connectivity index (χ4v) is 3.07. The molecule has 0 fully saturated rings. The lowest BCUT2D eigenvalue weighted by Gasteiger charge is -2.11. The van der Waals surface area contributed by atoms with Gasteiger partial charge in [0, 0.05) is 5.75 Å². The van der Waals surface area contributed by atoms with E-state index in [1.54, 1.807) is 0 Å². The summed E-state index contributed by atoms with van der Waals surface area (Å²) in [5, 5.41) is 21.1. The van der Waals surface area contributed by atoms with Crippen molar-refractivity contribution in [3.8, 4) is 0 Å². The number of benzene rings is 1. The molecule has 0 saturated carbocycles. The second kappa shape index (κ2) is 6.58. The number of aromatic nitrogens is 2. The number of nitrogens with zero attached hydrogens (tertiary/aromatic N) is 3. The normalized spacial score (nSPS) is 11.7. The maximum Gasteiger partial charge on any atom is 0.173 e. The summed E-state index contributed by atoms with van der Waals surface area (Å²) in [6, 6.07) is 8.19. The number of aryl methyl sites for hydroxylation is 2. The van der Waals surface area contributed by atoms with E-state index in [9.17, 15) is 0 Å². The molecule has 21 heavy (non-hydrogen) atoms.